The first-order valence-electron chi connectivity index (χ1n) is 4.45. The normalized spacial score (nSPS) is 10.1. The van der Waals surface area contributed by atoms with Gasteiger partial charge in [-0.05, 0) is 23.6 Å². The van der Waals surface area contributed by atoms with Gasteiger partial charge < -0.3 is 5.32 Å². The average Bonchev–Trinajstić information content (AvgIpc) is 2.77. The Hall–Kier alpha value is -1.75. The number of rotatable bonds is 2. The van der Waals surface area contributed by atoms with E-state index in [4.69, 9.17) is 0 Å². The summed E-state index contributed by atoms with van der Waals surface area (Å²) < 4.78 is 25.5. The summed E-state index contributed by atoms with van der Waals surface area (Å²) >= 11 is 1.39. The van der Waals surface area contributed by atoms with Crippen molar-refractivity contribution >= 4 is 22.9 Å². The van der Waals surface area contributed by atoms with Crippen molar-refractivity contribution in [3.63, 3.8) is 0 Å². The zero-order valence-electron chi connectivity index (χ0n) is 8.04. The SMILES string of the molecule is O=C(Nc1ccc(F)c(F)c1)c1ccsc1. The van der Waals surface area contributed by atoms with E-state index < -0.39 is 11.6 Å². The molecule has 82 valence electrons. The van der Waals surface area contributed by atoms with Crippen molar-refractivity contribution < 1.29 is 13.6 Å². The van der Waals surface area contributed by atoms with Gasteiger partial charge in [0.25, 0.3) is 5.91 Å². The Kier molecular flexibility index (Phi) is 2.96. The summed E-state index contributed by atoms with van der Waals surface area (Å²) in [5, 5.41) is 5.91. The van der Waals surface area contributed by atoms with Gasteiger partial charge in [0.2, 0.25) is 0 Å². The Labute approximate surface area is 94.5 Å². The fraction of sp³-hybridized carbons (Fsp3) is 0. The first-order valence-corrected chi connectivity index (χ1v) is 5.40. The molecule has 5 heteroatoms. The lowest BCUT2D eigenvalue weighted by atomic mass is 10.2. The summed E-state index contributed by atoms with van der Waals surface area (Å²) in [5.41, 5.74) is 0.727. The van der Waals surface area contributed by atoms with Crippen molar-refractivity contribution in [2.24, 2.45) is 0 Å². The van der Waals surface area contributed by atoms with Crippen LogP contribution < -0.4 is 5.32 Å². The number of nitrogens with one attached hydrogen (secondary N) is 1. The molecule has 16 heavy (non-hydrogen) atoms. The van der Waals surface area contributed by atoms with Gasteiger partial charge in [0.05, 0.1) is 5.56 Å². The van der Waals surface area contributed by atoms with Crippen LogP contribution in [0.25, 0.3) is 0 Å². The monoisotopic (exact) mass is 239 g/mol. The van der Waals surface area contributed by atoms with Gasteiger partial charge in [0, 0.05) is 17.1 Å². The number of hydrogen-bond donors (Lipinski definition) is 1. The molecule has 0 aliphatic carbocycles. The third kappa shape index (κ3) is 2.25. The topological polar surface area (TPSA) is 29.1 Å². The molecule has 1 amide bonds. The fourth-order valence-electron chi connectivity index (χ4n) is 1.17. The van der Waals surface area contributed by atoms with Crippen molar-refractivity contribution in [2.75, 3.05) is 5.32 Å². The molecule has 1 aromatic carbocycles. The van der Waals surface area contributed by atoms with Gasteiger partial charge in [-0.15, -0.1) is 0 Å². The number of halogens is 2. The minimum Gasteiger partial charge on any atom is -0.322 e. The summed E-state index contributed by atoms with van der Waals surface area (Å²) in [6.07, 6.45) is 0. The molecule has 0 radical (unpaired) electrons. The average molecular weight is 239 g/mol. The van der Waals surface area contributed by atoms with Gasteiger partial charge in [0.15, 0.2) is 11.6 Å². The van der Waals surface area contributed by atoms with E-state index in [2.05, 4.69) is 5.32 Å². The Morgan fingerprint density at radius 1 is 1.19 bits per heavy atom. The van der Waals surface area contributed by atoms with Crippen LogP contribution in [-0.4, -0.2) is 5.91 Å². The maximum Gasteiger partial charge on any atom is 0.256 e. The molecular formula is C11H7F2NOS. The molecule has 0 spiro atoms. The first-order chi connectivity index (χ1) is 7.66. The molecule has 0 unspecified atom stereocenters. The van der Waals surface area contributed by atoms with Crippen LogP contribution in [0.5, 0.6) is 0 Å². The second-order valence-corrected chi connectivity index (χ2v) is 3.88. The van der Waals surface area contributed by atoms with Gasteiger partial charge in [-0.1, -0.05) is 0 Å². The highest BCUT2D eigenvalue weighted by atomic mass is 32.1. The van der Waals surface area contributed by atoms with Gasteiger partial charge in [-0.25, -0.2) is 8.78 Å². The van der Waals surface area contributed by atoms with Crippen molar-refractivity contribution in [1.29, 1.82) is 0 Å². The van der Waals surface area contributed by atoms with Crippen LogP contribution in [0.1, 0.15) is 10.4 Å². The Morgan fingerprint density at radius 3 is 2.62 bits per heavy atom. The van der Waals surface area contributed by atoms with Crippen LogP contribution in [0.2, 0.25) is 0 Å². The summed E-state index contributed by atoms with van der Waals surface area (Å²) in [6, 6.07) is 4.88. The molecule has 2 nitrogen and oxygen atoms in total. The molecule has 0 aliphatic rings. The van der Waals surface area contributed by atoms with E-state index in [1.165, 1.54) is 17.4 Å². The van der Waals surface area contributed by atoms with E-state index in [1.807, 2.05) is 0 Å². The molecular weight excluding hydrogens is 232 g/mol. The van der Waals surface area contributed by atoms with E-state index in [0.717, 1.165) is 12.1 Å². The van der Waals surface area contributed by atoms with Crippen molar-refractivity contribution in [1.82, 2.24) is 0 Å². The summed E-state index contributed by atoms with van der Waals surface area (Å²) in [4.78, 5) is 11.6. The number of anilines is 1. The number of thiophene rings is 1. The van der Waals surface area contributed by atoms with Crippen molar-refractivity contribution in [3.05, 3.63) is 52.2 Å². The van der Waals surface area contributed by atoms with Crippen LogP contribution >= 0.6 is 11.3 Å². The highest BCUT2D eigenvalue weighted by Crippen LogP contribution is 2.15. The van der Waals surface area contributed by atoms with Gasteiger partial charge in [-0.2, -0.15) is 11.3 Å². The quantitative estimate of drug-likeness (QED) is 0.856. The van der Waals surface area contributed by atoms with Crippen LogP contribution in [0.4, 0.5) is 14.5 Å². The van der Waals surface area contributed by atoms with Crippen molar-refractivity contribution in [3.8, 4) is 0 Å². The molecule has 1 aromatic heterocycles. The minimum absolute atomic E-state index is 0.232. The zero-order chi connectivity index (χ0) is 11.5. The largest absolute Gasteiger partial charge is 0.322 e. The zero-order valence-corrected chi connectivity index (χ0v) is 8.85. The molecule has 0 fully saturated rings. The van der Waals surface area contributed by atoms with Crippen LogP contribution in [0.3, 0.4) is 0 Å². The van der Waals surface area contributed by atoms with Gasteiger partial charge >= 0.3 is 0 Å². The fourth-order valence-corrected chi connectivity index (χ4v) is 1.81. The number of carbonyl (C=O) groups excluding carboxylic acids is 1. The third-order valence-corrected chi connectivity index (χ3v) is 2.64. The summed E-state index contributed by atoms with van der Waals surface area (Å²) in [7, 11) is 0. The lowest BCUT2D eigenvalue weighted by Crippen LogP contribution is -2.10. The minimum atomic E-state index is -0.983. The predicted octanol–water partition coefficient (Wildman–Crippen LogP) is 3.28. The lowest BCUT2D eigenvalue weighted by molar-refractivity contribution is 0.102. The first kappa shape index (κ1) is 10.8. The van der Waals surface area contributed by atoms with E-state index in [0.29, 0.717) is 5.56 Å². The summed E-state index contributed by atoms with van der Waals surface area (Å²) in [5.74, 6) is -2.26. The molecule has 0 aliphatic heterocycles. The lowest BCUT2D eigenvalue weighted by Gasteiger charge is -2.03. The molecule has 2 aromatic rings. The Bertz CT molecular complexity index is 511. The van der Waals surface area contributed by atoms with Gasteiger partial charge in [-0.3, -0.25) is 4.79 Å². The van der Waals surface area contributed by atoms with Crippen LogP contribution in [0, 0.1) is 11.6 Å². The van der Waals surface area contributed by atoms with Crippen LogP contribution in [0.15, 0.2) is 35.0 Å². The van der Waals surface area contributed by atoms with Gasteiger partial charge in [0.1, 0.15) is 0 Å². The number of amides is 1. The van der Waals surface area contributed by atoms with Crippen molar-refractivity contribution in [2.45, 2.75) is 0 Å². The number of carbonyl (C=O) groups is 1. The van der Waals surface area contributed by atoms with Crippen LogP contribution in [-0.2, 0) is 0 Å². The highest BCUT2D eigenvalue weighted by molar-refractivity contribution is 7.08. The number of benzene rings is 1. The maximum absolute atomic E-state index is 12.8. The van der Waals surface area contributed by atoms with E-state index in [9.17, 15) is 13.6 Å². The summed E-state index contributed by atoms with van der Waals surface area (Å²) in [6.45, 7) is 0. The molecule has 1 N–H and O–H groups in total. The van der Waals surface area contributed by atoms with E-state index in [1.54, 1.807) is 16.8 Å². The molecule has 0 atom stereocenters. The Morgan fingerprint density at radius 2 is 2.00 bits per heavy atom. The predicted molar refractivity (Wildman–Crippen MR) is 58.6 cm³/mol. The molecule has 0 saturated heterocycles. The van der Waals surface area contributed by atoms with E-state index >= 15 is 0 Å². The maximum atomic E-state index is 12.8. The third-order valence-electron chi connectivity index (χ3n) is 1.96. The smallest absolute Gasteiger partial charge is 0.256 e. The Balaban J connectivity index is 2.15. The highest BCUT2D eigenvalue weighted by Gasteiger charge is 2.08. The van der Waals surface area contributed by atoms with E-state index in [-0.39, 0.29) is 11.6 Å². The second kappa shape index (κ2) is 4.40. The second-order valence-electron chi connectivity index (χ2n) is 3.10. The molecule has 0 saturated carbocycles. The molecule has 0 bridgehead atoms. The molecule has 1 heterocycles. The standard InChI is InChI=1S/C11H7F2NOS/c12-9-2-1-8(5-10(9)13)14-11(15)7-3-4-16-6-7/h1-6H,(H,14,15). The number of hydrogen-bond acceptors (Lipinski definition) is 2. The molecule has 2 rings (SSSR count).